The molecule has 2 heterocycles. The first-order valence-electron chi connectivity index (χ1n) is 9.23. The van der Waals surface area contributed by atoms with Crippen LogP contribution >= 0.6 is 11.3 Å². The predicted molar refractivity (Wildman–Crippen MR) is 97.9 cm³/mol. The first-order valence-corrected chi connectivity index (χ1v) is 10.1. The molecular weight excluding hydrogens is 320 g/mol. The molecule has 0 bridgehead atoms. The van der Waals surface area contributed by atoms with Crippen LogP contribution in [-0.4, -0.2) is 52.4 Å². The predicted octanol–water partition coefficient (Wildman–Crippen LogP) is 2.26. The number of nitrogens with zero attached hydrogens (tertiary/aromatic N) is 3. The molecule has 1 amide bonds. The van der Waals surface area contributed by atoms with E-state index in [-0.39, 0.29) is 17.4 Å². The van der Waals surface area contributed by atoms with Gasteiger partial charge in [-0.2, -0.15) is 0 Å². The van der Waals surface area contributed by atoms with Crippen molar-refractivity contribution in [1.29, 1.82) is 0 Å². The summed E-state index contributed by atoms with van der Waals surface area (Å²) in [5.41, 5.74) is 7.25. The van der Waals surface area contributed by atoms with Gasteiger partial charge in [-0.3, -0.25) is 9.69 Å². The van der Waals surface area contributed by atoms with Crippen LogP contribution in [-0.2, 0) is 17.8 Å². The summed E-state index contributed by atoms with van der Waals surface area (Å²) in [6.45, 7) is 8.59. The maximum absolute atomic E-state index is 12.9. The molecule has 2 aliphatic rings. The van der Waals surface area contributed by atoms with Gasteiger partial charge in [0.25, 0.3) is 0 Å². The lowest BCUT2D eigenvalue weighted by atomic mass is 9.74. The average Bonchev–Trinajstić information content (AvgIpc) is 3.02. The van der Waals surface area contributed by atoms with Crippen molar-refractivity contribution in [3.63, 3.8) is 0 Å². The maximum Gasteiger partial charge on any atom is 0.227 e. The van der Waals surface area contributed by atoms with E-state index in [1.165, 1.54) is 10.7 Å². The second-order valence-electron chi connectivity index (χ2n) is 7.49. The molecule has 1 saturated carbocycles. The lowest BCUT2D eigenvalue weighted by Crippen LogP contribution is -2.57. The quantitative estimate of drug-likeness (QED) is 0.905. The number of carbonyl (C=O) groups is 1. The van der Waals surface area contributed by atoms with Crippen molar-refractivity contribution in [3.05, 3.63) is 16.1 Å². The number of piperazine rings is 1. The van der Waals surface area contributed by atoms with Crippen molar-refractivity contribution in [3.8, 4) is 0 Å². The normalized spacial score (nSPS) is 29.0. The monoisotopic (exact) mass is 350 g/mol. The van der Waals surface area contributed by atoms with Gasteiger partial charge >= 0.3 is 0 Å². The molecule has 2 atom stereocenters. The molecule has 2 fully saturated rings. The highest BCUT2D eigenvalue weighted by atomic mass is 32.1. The fraction of sp³-hybridized carbons (Fsp3) is 0.778. The summed E-state index contributed by atoms with van der Waals surface area (Å²) >= 11 is 1.75. The van der Waals surface area contributed by atoms with E-state index in [2.05, 4.69) is 29.1 Å². The minimum absolute atomic E-state index is 0.00320. The Bertz CT molecular complexity index is 563. The molecule has 5 nitrogen and oxygen atoms in total. The molecule has 2 unspecified atom stereocenters. The van der Waals surface area contributed by atoms with Crippen molar-refractivity contribution in [2.24, 2.45) is 11.7 Å². The van der Waals surface area contributed by atoms with Crippen molar-refractivity contribution in [2.75, 3.05) is 26.2 Å². The van der Waals surface area contributed by atoms with Gasteiger partial charge in [-0.1, -0.05) is 19.8 Å². The average molecular weight is 351 g/mol. The molecule has 2 N–H and O–H groups in total. The Morgan fingerprint density at radius 3 is 2.75 bits per heavy atom. The van der Waals surface area contributed by atoms with Gasteiger partial charge in [-0.25, -0.2) is 4.98 Å². The van der Waals surface area contributed by atoms with Crippen LogP contribution in [0.3, 0.4) is 0 Å². The van der Waals surface area contributed by atoms with Gasteiger partial charge in [0, 0.05) is 43.6 Å². The smallest absolute Gasteiger partial charge is 0.227 e. The second-order valence-corrected chi connectivity index (χ2v) is 8.43. The molecule has 1 aromatic heterocycles. The Morgan fingerprint density at radius 1 is 1.38 bits per heavy atom. The first kappa shape index (κ1) is 17.8. The third kappa shape index (κ3) is 3.98. The number of nitrogens with two attached hydrogens (primary N) is 1. The van der Waals surface area contributed by atoms with Gasteiger partial charge in [0.05, 0.1) is 16.6 Å². The van der Waals surface area contributed by atoms with E-state index in [0.29, 0.717) is 0 Å². The molecule has 0 radical (unpaired) electrons. The van der Waals surface area contributed by atoms with Gasteiger partial charge in [0.15, 0.2) is 0 Å². The molecule has 6 heteroatoms. The van der Waals surface area contributed by atoms with Crippen LogP contribution in [0.2, 0.25) is 0 Å². The Labute approximate surface area is 149 Å². The van der Waals surface area contributed by atoms with E-state index in [4.69, 9.17) is 5.73 Å². The van der Waals surface area contributed by atoms with Crippen LogP contribution in [0.15, 0.2) is 5.38 Å². The Hall–Kier alpha value is -0.980. The Morgan fingerprint density at radius 2 is 2.12 bits per heavy atom. The van der Waals surface area contributed by atoms with Crippen LogP contribution in [0.1, 0.15) is 50.2 Å². The number of hydrogen-bond donors (Lipinski definition) is 1. The molecule has 0 aromatic carbocycles. The summed E-state index contributed by atoms with van der Waals surface area (Å²) in [4.78, 5) is 22.0. The van der Waals surface area contributed by atoms with E-state index in [9.17, 15) is 4.79 Å². The van der Waals surface area contributed by atoms with Crippen LogP contribution in [0, 0.1) is 5.92 Å². The van der Waals surface area contributed by atoms with Crippen LogP contribution in [0.25, 0.3) is 0 Å². The van der Waals surface area contributed by atoms with E-state index < -0.39 is 0 Å². The number of rotatable bonds is 4. The summed E-state index contributed by atoms with van der Waals surface area (Å²) in [5.74, 6) is 0.282. The molecule has 24 heavy (non-hydrogen) atoms. The maximum atomic E-state index is 12.9. The zero-order valence-corrected chi connectivity index (χ0v) is 15.8. The molecular formula is C18H30N4OS. The van der Waals surface area contributed by atoms with Crippen molar-refractivity contribution >= 4 is 17.2 Å². The third-order valence-corrected chi connectivity index (χ3v) is 6.57. The summed E-state index contributed by atoms with van der Waals surface area (Å²) in [5, 5.41) is 3.37. The van der Waals surface area contributed by atoms with E-state index in [1.54, 1.807) is 11.3 Å². The van der Waals surface area contributed by atoms with Gasteiger partial charge in [-0.15, -0.1) is 11.3 Å². The highest BCUT2D eigenvalue weighted by molar-refractivity contribution is 7.09. The molecule has 1 aromatic rings. The molecule has 134 valence electrons. The molecule has 1 aliphatic heterocycles. The zero-order chi connectivity index (χ0) is 17.2. The van der Waals surface area contributed by atoms with Crippen LogP contribution < -0.4 is 5.73 Å². The number of amides is 1. The SMILES string of the molecule is CCc1nc(CN2CCN(C(=O)C3CCCCC3(C)N)CC2)cs1. The number of thiazole rings is 1. The Balaban J connectivity index is 1.52. The Kier molecular flexibility index (Phi) is 5.57. The van der Waals surface area contributed by atoms with Gasteiger partial charge < -0.3 is 10.6 Å². The van der Waals surface area contributed by atoms with Gasteiger partial charge in [0.1, 0.15) is 0 Å². The molecule has 1 aliphatic carbocycles. The fourth-order valence-electron chi connectivity index (χ4n) is 3.92. The van der Waals surface area contributed by atoms with Crippen molar-refractivity contribution < 1.29 is 4.79 Å². The zero-order valence-electron chi connectivity index (χ0n) is 15.0. The molecule has 0 spiro atoms. The van der Waals surface area contributed by atoms with E-state index >= 15 is 0 Å². The molecule has 3 rings (SSSR count). The lowest BCUT2D eigenvalue weighted by Gasteiger charge is -2.42. The number of hydrogen-bond acceptors (Lipinski definition) is 5. The fourth-order valence-corrected chi connectivity index (χ4v) is 4.66. The first-order chi connectivity index (χ1) is 11.5. The minimum atomic E-state index is -0.330. The third-order valence-electron chi connectivity index (χ3n) is 5.52. The lowest BCUT2D eigenvalue weighted by molar-refractivity contribution is -0.140. The highest BCUT2D eigenvalue weighted by Gasteiger charge is 2.40. The van der Waals surface area contributed by atoms with E-state index in [1.807, 2.05) is 4.90 Å². The standard InChI is InChI=1S/C18H30N4OS/c1-3-16-20-14(13-24-16)12-21-8-10-22(11-9-21)17(23)15-6-4-5-7-18(15,2)19/h13,15H,3-12,19H2,1-2H3. The summed E-state index contributed by atoms with van der Waals surface area (Å²) < 4.78 is 0. The summed E-state index contributed by atoms with van der Waals surface area (Å²) in [6.07, 6.45) is 5.20. The van der Waals surface area contributed by atoms with Gasteiger partial charge in [0.2, 0.25) is 5.91 Å². The minimum Gasteiger partial charge on any atom is -0.340 e. The summed E-state index contributed by atoms with van der Waals surface area (Å²) in [6, 6.07) is 0. The van der Waals surface area contributed by atoms with Crippen molar-refractivity contribution in [1.82, 2.24) is 14.8 Å². The number of aryl methyl sites for hydroxylation is 1. The molecule has 1 saturated heterocycles. The summed E-state index contributed by atoms with van der Waals surface area (Å²) in [7, 11) is 0. The van der Waals surface area contributed by atoms with Gasteiger partial charge in [-0.05, 0) is 26.2 Å². The number of aromatic nitrogens is 1. The van der Waals surface area contributed by atoms with Crippen LogP contribution in [0.4, 0.5) is 0 Å². The van der Waals surface area contributed by atoms with Crippen molar-refractivity contribution in [2.45, 2.75) is 58.0 Å². The largest absolute Gasteiger partial charge is 0.340 e. The van der Waals surface area contributed by atoms with Crippen LogP contribution in [0.5, 0.6) is 0 Å². The highest BCUT2D eigenvalue weighted by Crippen LogP contribution is 2.33. The second kappa shape index (κ2) is 7.50. The number of carbonyl (C=O) groups excluding carboxylic acids is 1. The topological polar surface area (TPSA) is 62.5 Å². The van der Waals surface area contributed by atoms with E-state index in [0.717, 1.165) is 64.8 Å².